The van der Waals surface area contributed by atoms with Crippen molar-refractivity contribution in [1.82, 2.24) is 19.4 Å². The summed E-state index contributed by atoms with van der Waals surface area (Å²) in [7, 11) is 1.50. The minimum Gasteiger partial charge on any atom is -0.329 e. The number of hydrogen-bond donors (Lipinski definition) is 0. The smallest absolute Gasteiger partial charge is 0.329 e. The van der Waals surface area contributed by atoms with Crippen molar-refractivity contribution in [3.05, 3.63) is 89.7 Å². The number of likely N-dealkylation sites (N-methyl/N-ethyl adjacent to an activating group) is 1. The van der Waals surface area contributed by atoms with Crippen LogP contribution in [0.15, 0.2) is 72.9 Å². The van der Waals surface area contributed by atoms with E-state index < -0.39 is 17.8 Å². The Labute approximate surface area is 209 Å². The molecule has 190 valence electrons. The van der Waals surface area contributed by atoms with Gasteiger partial charge in [-0.1, -0.05) is 30.9 Å². The molecular weight excluding hydrogens is 467 g/mol. The third kappa shape index (κ3) is 6.13. The highest BCUT2D eigenvalue weighted by molar-refractivity contribution is 5.84. The first-order valence-electron chi connectivity index (χ1n) is 11.7. The van der Waals surface area contributed by atoms with E-state index in [-0.39, 0.29) is 17.6 Å². The summed E-state index contributed by atoms with van der Waals surface area (Å²) in [5.41, 5.74) is 1.79. The van der Waals surface area contributed by atoms with E-state index in [9.17, 15) is 18.0 Å². The van der Waals surface area contributed by atoms with E-state index in [4.69, 9.17) is 5.26 Å². The number of carbonyl (C=O) groups is 1. The van der Waals surface area contributed by atoms with Crippen molar-refractivity contribution in [3.8, 4) is 6.07 Å². The average Bonchev–Trinajstić information content (AvgIpc) is 3.45. The molecule has 36 heavy (non-hydrogen) atoms. The van der Waals surface area contributed by atoms with E-state index in [2.05, 4.69) is 22.5 Å². The molecule has 1 saturated heterocycles. The monoisotopic (exact) mass is 497 g/mol. The fourth-order valence-corrected chi connectivity index (χ4v) is 4.40. The van der Waals surface area contributed by atoms with Crippen LogP contribution in [0.1, 0.15) is 43.5 Å². The zero-order valence-corrected chi connectivity index (χ0v) is 20.7. The summed E-state index contributed by atoms with van der Waals surface area (Å²) in [6.45, 7) is 7.95. The van der Waals surface area contributed by atoms with Crippen LogP contribution in [0, 0.1) is 11.3 Å². The number of likely N-dealkylation sites (tertiary alicyclic amines) is 1. The zero-order chi connectivity index (χ0) is 26.5. The zero-order valence-electron chi connectivity index (χ0n) is 20.7. The largest absolute Gasteiger partial charge is 0.416 e. The van der Waals surface area contributed by atoms with Crippen molar-refractivity contribution in [1.29, 1.82) is 5.26 Å². The van der Waals surface area contributed by atoms with Gasteiger partial charge < -0.3 is 9.47 Å². The molecule has 0 bridgehead atoms. The number of hydrogen-bond acceptors (Lipinski definition) is 4. The number of allylic oxidation sites excluding steroid dienone is 4. The first-order chi connectivity index (χ1) is 17.1. The van der Waals surface area contributed by atoms with Crippen LogP contribution >= 0.6 is 0 Å². The number of carbonyl (C=O) groups excluding carboxylic acids is 1. The predicted octanol–water partition coefficient (Wildman–Crippen LogP) is 5.19. The lowest BCUT2D eigenvalue weighted by molar-refractivity contribution is -0.133. The molecule has 0 saturated carbocycles. The van der Waals surface area contributed by atoms with E-state index >= 15 is 0 Å². The lowest BCUT2D eigenvalue weighted by Crippen LogP contribution is -2.45. The summed E-state index contributed by atoms with van der Waals surface area (Å²) in [5, 5.41) is 9.00. The van der Waals surface area contributed by atoms with Gasteiger partial charge in [0.15, 0.2) is 0 Å². The average molecular weight is 498 g/mol. The van der Waals surface area contributed by atoms with Crippen molar-refractivity contribution < 1.29 is 18.0 Å². The summed E-state index contributed by atoms with van der Waals surface area (Å²) in [6.07, 6.45) is 3.54. The third-order valence-corrected chi connectivity index (χ3v) is 6.55. The molecule has 1 fully saturated rings. The molecule has 0 N–H and O–H groups in total. The molecule has 1 aliphatic rings. The Hall–Kier alpha value is -3.64. The third-order valence-electron chi connectivity index (χ3n) is 6.55. The van der Waals surface area contributed by atoms with Crippen LogP contribution < -0.4 is 0 Å². The first-order valence-corrected chi connectivity index (χ1v) is 11.7. The van der Waals surface area contributed by atoms with Crippen molar-refractivity contribution >= 4 is 5.91 Å². The minimum atomic E-state index is -4.55. The van der Waals surface area contributed by atoms with Crippen LogP contribution in [0.2, 0.25) is 0 Å². The molecule has 2 atom stereocenters. The second-order valence-corrected chi connectivity index (χ2v) is 8.85. The Kier molecular flexibility index (Phi) is 8.53. The van der Waals surface area contributed by atoms with Crippen LogP contribution in [-0.4, -0.2) is 50.6 Å². The summed E-state index contributed by atoms with van der Waals surface area (Å²) in [5.74, 6) is -0.257. The maximum absolute atomic E-state index is 13.4. The van der Waals surface area contributed by atoms with E-state index in [0.717, 1.165) is 29.8 Å². The molecule has 2 unspecified atom stereocenters. The van der Waals surface area contributed by atoms with Gasteiger partial charge >= 0.3 is 6.18 Å². The van der Waals surface area contributed by atoms with Crippen LogP contribution in [0.4, 0.5) is 13.2 Å². The van der Waals surface area contributed by atoms with E-state index in [0.29, 0.717) is 25.1 Å². The molecule has 1 aromatic carbocycles. The molecule has 0 aliphatic carbocycles. The number of rotatable bonds is 8. The molecule has 0 spiro atoms. The Morgan fingerprint density at radius 2 is 1.97 bits per heavy atom. The van der Waals surface area contributed by atoms with Crippen molar-refractivity contribution in [2.45, 2.75) is 58.0 Å². The first kappa shape index (κ1) is 27.0. The van der Waals surface area contributed by atoms with Gasteiger partial charge in [-0.05, 0) is 50.5 Å². The van der Waals surface area contributed by atoms with Gasteiger partial charge in [-0.2, -0.15) is 18.4 Å². The summed E-state index contributed by atoms with van der Waals surface area (Å²) in [4.78, 5) is 21.1. The summed E-state index contributed by atoms with van der Waals surface area (Å²) < 4.78 is 41.7. The number of nitrogens with zero attached hydrogens (tertiary/aromatic N) is 5. The molecule has 9 heteroatoms. The number of aromatic nitrogens is 2. The van der Waals surface area contributed by atoms with Crippen LogP contribution in [0.5, 0.6) is 0 Å². The van der Waals surface area contributed by atoms with E-state index in [1.807, 2.05) is 23.6 Å². The standard InChI is InChI=1S/C27H30F3N5O/c1-5-22(27(28,29)30)13-23(6-2)33(4)26(36)25-12-7-19(3)35(25)17-24-15-32-18-34(24)16-21-10-8-20(14-31)9-11-21/h5-6,8-11,13,15,18-19,25H,1,7,12,16-17H2,2-4H3/b22-13+,23-6+. The van der Waals surface area contributed by atoms with Crippen LogP contribution in [0.3, 0.4) is 0 Å². The fourth-order valence-electron chi connectivity index (χ4n) is 4.40. The molecule has 3 rings (SSSR count). The van der Waals surface area contributed by atoms with Gasteiger partial charge in [-0.3, -0.25) is 9.69 Å². The van der Waals surface area contributed by atoms with Gasteiger partial charge in [0.1, 0.15) is 0 Å². The molecule has 1 aromatic heterocycles. The molecule has 1 amide bonds. The van der Waals surface area contributed by atoms with Crippen LogP contribution in [0.25, 0.3) is 0 Å². The lowest BCUT2D eigenvalue weighted by Gasteiger charge is -2.31. The van der Waals surface area contributed by atoms with Crippen LogP contribution in [-0.2, 0) is 17.9 Å². The van der Waals surface area contributed by atoms with Gasteiger partial charge in [-0.15, -0.1) is 0 Å². The Morgan fingerprint density at radius 1 is 1.28 bits per heavy atom. The molecule has 0 radical (unpaired) electrons. The lowest BCUT2D eigenvalue weighted by atomic mass is 10.1. The van der Waals surface area contributed by atoms with Gasteiger partial charge in [0.25, 0.3) is 0 Å². The maximum Gasteiger partial charge on any atom is 0.416 e. The van der Waals surface area contributed by atoms with Gasteiger partial charge in [0.05, 0.1) is 35.3 Å². The number of halogens is 3. The fraction of sp³-hybridized carbons (Fsp3) is 0.370. The minimum absolute atomic E-state index is 0.120. The highest BCUT2D eigenvalue weighted by Gasteiger charge is 2.38. The van der Waals surface area contributed by atoms with Crippen molar-refractivity contribution in [2.24, 2.45) is 0 Å². The maximum atomic E-state index is 13.4. The normalized spacial score (nSPS) is 19.2. The molecule has 2 aromatic rings. The summed E-state index contributed by atoms with van der Waals surface area (Å²) >= 11 is 0. The Bertz CT molecular complexity index is 1190. The van der Waals surface area contributed by atoms with Crippen molar-refractivity contribution in [3.63, 3.8) is 0 Å². The molecular formula is C27H30F3N5O. The second-order valence-electron chi connectivity index (χ2n) is 8.85. The number of amides is 1. The van der Waals surface area contributed by atoms with Crippen molar-refractivity contribution in [2.75, 3.05) is 7.05 Å². The molecule has 2 heterocycles. The second kappa shape index (κ2) is 11.4. The predicted molar refractivity (Wildman–Crippen MR) is 131 cm³/mol. The number of nitriles is 1. The number of imidazole rings is 1. The quantitative estimate of drug-likeness (QED) is 0.471. The Balaban J connectivity index is 1.78. The molecule has 1 aliphatic heterocycles. The van der Waals surface area contributed by atoms with E-state index in [1.54, 1.807) is 31.6 Å². The summed E-state index contributed by atoms with van der Waals surface area (Å²) in [6, 6.07) is 9.08. The number of alkyl halides is 3. The SMILES string of the molecule is C=C/C(=C\C(=C/C)N(C)C(=O)C1CCC(C)N1Cc1cncn1Cc1ccc(C#N)cc1)C(F)(F)F. The molecule has 6 nitrogen and oxygen atoms in total. The highest BCUT2D eigenvalue weighted by Crippen LogP contribution is 2.30. The van der Waals surface area contributed by atoms with Gasteiger partial charge in [0.2, 0.25) is 5.91 Å². The number of benzene rings is 1. The topological polar surface area (TPSA) is 65.2 Å². The van der Waals surface area contributed by atoms with E-state index in [1.165, 1.54) is 18.0 Å². The van der Waals surface area contributed by atoms with Gasteiger partial charge in [0, 0.05) is 38.1 Å². The highest BCUT2D eigenvalue weighted by atomic mass is 19.4. The van der Waals surface area contributed by atoms with Gasteiger partial charge in [-0.25, -0.2) is 4.98 Å². The Morgan fingerprint density at radius 3 is 2.56 bits per heavy atom.